The van der Waals surface area contributed by atoms with E-state index in [0.29, 0.717) is 17.1 Å². The van der Waals surface area contributed by atoms with Crippen molar-refractivity contribution < 1.29 is 23.7 Å². The molecule has 0 aliphatic carbocycles. The van der Waals surface area contributed by atoms with Crippen molar-refractivity contribution in [1.82, 2.24) is 10.2 Å². The van der Waals surface area contributed by atoms with E-state index in [9.17, 15) is 9.50 Å². The normalized spacial score (nSPS) is 21.0. The molecule has 2 aromatic rings. The Hall–Kier alpha value is -2.00. The lowest BCUT2D eigenvalue weighted by Gasteiger charge is -2.45. The summed E-state index contributed by atoms with van der Waals surface area (Å²) in [6.45, 7) is 0.145. The van der Waals surface area contributed by atoms with Gasteiger partial charge >= 0.3 is 0 Å². The third kappa shape index (κ3) is 3.59. The van der Waals surface area contributed by atoms with Crippen LogP contribution in [0, 0.1) is 5.82 Å². The number of fused-ring (bicyclic) bond motifs is 1. The van der Waals surface area contributed by atoms with E-state index in [-0.39, 0.29) is 18.4 Å². The second kappa shape index (κ2) is 7.71. The number of aromatic nitrogens is 2. The predicted octanol–water partition coefficient (Wildman–Crippen LogP) is 2.21. The number of hydrogen-bond acceptors (Lipinski definition) is 7. The van der Waals surface area contributed by atoms with Crippen molar-refractivity contribution in [3.63, 3.8) is 0 Å². The molecule has 0 saturated carbocycles. The van der Waals surface area contributed by atoms with E-state index in [1.54, 1.807) is 12.1 Å². The first-order valence-electron chi connectivity index (χ1n) is 7.89. The Morgan fingerprint density at radius 2 is 1.96 bits per heavy atom. The van der Waals surface area contributed by atoms with Gasteiger partial charge in [-0.05, 0) is 30.3 Å². The van der Waals surface area contributed by atoms with Crippen molar-refractivity contribution in [1.29, 1.82) is 0 Å². The number of nitrogens with one attached hydrogen (secondary N) is 1. The lowest BCUT2D eigenvalue weighted by molar-refractivity contribution is -0.142. The minimum atomic E-state index is -1.17. The van der Waals surface area contributed by atoms with Crippen LogP contribution in [0.4, 0.5) is 10.2 Å². The highest BCUT2D eigenvalue weighted by Gasteiger charge is 2.50. The van der Waals surface area contributed by atoms with Gasteiger partial charge in [0.1, 0.15) is 23.5 Å². The molecule has 2 atom stereocenters. The summed E-state index contributed by atoms with van der Waals surface area (Å²) in [5.74, 6) is 0.351. The molecule has 0 unspecified atom stereocenters. The van der Waals surface area contributed by atoms with Crippen LogP contribution in [0.2, 0.25) is 5.15 Å². The summed E-state index contributed by atoms with van der Waals surface area (Å²) in [6.07, 6.45) is -1.12. The fourth-order valence-corrected chi connectivity index (χ4v) is 3.18. The molecule has 0 spiro atoms. The Bertz CT molecular complexity index is 756. The van der Waals surface area contributed by atoms with E-state index in [2.05, 4.69) is 15.5 Å². The monoisotopic (exact) mass is 383 g/mol. The smallest absolute Gasteiger partial charge is 0.183 e. The molecule has 7 nitrogen and oxygen atoms in total. The number of anilines is 1. The molecule has 1 aromatic heterocycles. The quantitative estimate of drug-likeness (QED) is 0.790. The molecule has 0 fully saturated rings. The van der Waals surface area contributed by atoms with E-state index >= 15 is 0 Å². The van der Waals surface area contributed by atoms with E-state index in [4.69, 9.17) is 25.8 Å². The highest BCUT2D eigenvalue weighted by molar-refractivity contribution is 6.29. The van der Waals surface area contributed by atoms with Crippen molar-refractivity contribution in [2.75, 3.05) is 32.8 Å². The van der Waals surface area contributed by atoms with Gasteiger partial charge in [0.25, 0.3) is 0 Å². The highest BCUT2D eigenvalue weighted by Crippen LogP contribution is 2.42. The maximum atomic E-state index is 13.8. The van der Waals surface area contributed by atoms with Crippen molar-refractivity contribution in [2.24, 2.45) is 0 Å². The average Bonchev–Trinajstić information content (AvgIpc) is 2.62. The first kappa shape index (κ1) is 18.8. The van der Waals surface area contributed by atoms with Gasteiger partial charge in [-0.3, -0.25) is 0 Å². The second-order valence-electron chi connectivity index (χ2n) is 6.02. The Morgan fingerprint density at radius 1 is 1.23 bits per heavy atom. The molecule has 26 heavy (non-hydrogen) atoms. The first-order valence-corrected chi connectivity index (χ1v) is 8.27. The molecule has 1 aliphatic rings. The maximum absolute atomic E-state index is 13.8. The fraction of sp³-hybridized carbons (Fsp3) is 0.412. The van der Waals surface area contributed by atoms with Crippen LogP contribution >= 0.6 is 11.6 Å². The van der Waals surface area contributed by atoms with E-state index in [0.717, 1.165) is 0 Å². The zero-order valence-corrected chi connectivity index (χ0v) is 15.0. The molecule has 2 N–H and O–H groups in total. The number of hydrogen-bond donors (Lipinski definition) is 2. The summed E-state index contributed by atoms with van der Waals surface area (Å²) in [5.41, 5.74) is -0.719. The van der Waals surface area contributed by atoms with Crippen molar-refractivity contribution in [2.45, 2.75) is 17.7 Å². The predicted molar refractivity (Wildman–Crippen MR) is 92.9 cm³/mol. The summed E-state index contributed by atoms with van der Waals surface area (Å²) in [6, 6.07) is 6.56. The molecule has 1 aromatic carbocycles. The van der Waals surface area contributed by atoms with Crippen molar-refractivity contribution in [3.05, 3.63) is 46.9 Å². The molecule has 0 radical (unpaired) electrons. The van der Waals surface area contributed by atoms with Gasteiger partial charge in [-0.25, -0.2) is 4.39 Å². The minimum absolute atomic E-state index is 0.0727. The van der Waals surface area contributed by atoms with Crippen LogP contribution in [0.25, 0.3) is 0 Å². The van der Waals surface area contributed by atoms with Gasteiger partial charge < -0.3 is 24.6 Å². The molecule has 9 heteroatoms. The summed E-state index contributed by atoms with van der Waals surface area (Å²) >= 11 is 5.76. The fourth-order valence-electron chi connectivity index (χ4n) is 3.08. The largest absolute Gasteiger partial charge is 0.479 e. The summed E-state index contributed by atoms with van der Waals surface area (Å²) in [4.78, 5) is 0. The SMILES string of the molecule is COCC1(COC)Oc2ccc(F)cc2[C@H](Nc2ccc(Cl)nn2)[C@H]1O. The second-order valence-corrected chi connectivity index (χ2v) is 6.41. The molecule has 0 bridgehead atoms. The van der Waals surface area contributed by atoms with Crippen LogP contribution in [-0.2, 0) is 9.47 Å². The Labute approximate surface area is 155 Å². The van der Waals surface area contributed by atoms with Gasteiger partial charge in [0.2, 0.25) is 0 Å². The molecule has 140 valence electrons. The zero-order valence-electron chi connectivity index (χ0n) is 14.3. The number of rotatable bonds is 6. The Morgan fingerprint density at radius 3 is 2.58 bits per heavy atom. The third-order valence-electron chi connectivity index (χ3n) is 4.19. The van der Waals surface area contributed by atoms with Gasteiger partial charge in [-0.2, -0.15) is 0 Å². The molecular formula is C17H19ClFN3O4. The molecule has 1 aliphatic heterocycles. The van der Waals surface area contributed by atoms with Crippen LogP contribution < -0.4 is 10.1 Å². The summed E-state index contributed by atoms with van der Waals surface area (Å²) in [7, 11) is 3.00. The number of halogens is 2. The average molecular weight is 384 g/mol. The minimum Gasteiger partial charge on any atom is -0.479 e. The maximum Gasteiger partial charge on any atom is 0.183 e. The van der Waals surface area contributed by atoms with Crippen molar-refractivity contribution in [3.8, 4) is 5.75 Å². The van der Waals surface area contributed by atoms with Crippen LogP contribution in [0.15, 0.2) is 30.3 Å². The van der Waals surface area contributed by atoms with Gasteiger partial charge in [0.05, 0.1) is 19.3 Å². The third-order valence-corrected chi connectivity index (χ3v) is 4.39. The van der Waals surface area contributed by atoms with E-state index < -0.39 is 23.6 Å². The Kier molecular flexibility index (Phi) is 5.57. The zero-order chi connectivity index (χ0) is 18.7. The highest BCUT2D eigenvalue weighted by atomic mass is 35.5. The number of nitrogens with zero attached hydrogens (tertiary/aromatic N) is 2. The molecular weight excluding hydrogens is 365 g/mol. The lowest BCUT2D eigenvalue weighted by atomic mass is 9.84. The lowest BCUT2D eigenvalue weighted by Crippen LogP contribution is -2.60. The topological polar surface area (TPSA) is 85.7 Å². The summed E-state index contributed by atoms with van der Waals surface area (Å²) < 4.78 is 30.3. The van der Waals surface area contributed by atoms with Gasteiger partial charge in [-0.15, -0.1) is 10.2 Å². The van der Waals surface area contributed by atoms with Gasteiger partial charge in [0.15, 0.2) is 10.8 Å². The molecule has 0 saturated heterocycles. The van der Waals surface area contributed by atoms with Gasteiger partial charge in [-0.1, -0.05) is 11.6 Å². The summed E-state index contributed by atoms with van der Waals surface area (Å²) in [5, 5.41) is 22.1. The number of aliphatic hydroxyl groups excluding tert-OH is 1. The Balaban J connectivity index is 2.03. The molecule has 0 amide bonds. The van der Waals surface area contributed by atoms with Crippen LogP contribution in [0.5, 0.6) is 5.75 Å². The molecule has 2 heterocycles. The number of ether oxygens (including phenoxy) is 3. The van der Waals surface area contributed by atoms with Crippen LogP contribution in [0.3, 0.4) is 0 Å². The number of benzene rings is 1. The van der Waals surface area contributed by atoms with Crippen LogP contribution in [-0.4, -0.2) is 54.4 Å². The van der Waals surface area contributed by atoms with Crippen molar-refractivity contribution >= 4 is 17.4 Å². The number of methoxy groups -OCH3 is 2. The first-order chi connectivity index (χ1) is 12.5. The van der Waals surface area contributed by atoms with Gasteiger partial charge in [0, 0.05) is 19.8 Å². The van der Waals surface area contributed by atoms with E-state index in [1.165, 1.54) is 32.4 Å². The van der Waals surface area contributed by atoms with Crippen LogP contribution in [0.1, 0.15) is 11.6 Å². The van der Waals surface area contributed by atoms with E-state index in [1.807, 2.05) is 0 Å². The molecule has 3 rings (SSSR count). The standard InChI is InChI=1S/C17H19ClFN3O4/c1-24-8-17(9-25-2)16(23)15(20-14-6-5-13(18)21-22-14)11-7-10(19)3-4-12(11)26-17/h3-7,15-16,23H,8-9H2,1-2H3,(H,20,22)/t15-,16+/m0/s1. The number of aliphatic hydroxyl groups is 1.